The van der Waals surface area contributed by atoms with Crippen LogP contribution in [0.3, 0.4) is 0 Å². The first kappa shape index (κ1) is 16.7. The Morgan fingerprint density at radius 3 is 2.47 bits per heavy atom. The Hall–Kier alpha value is -0.330. The molecule has 1 rings (SSSR count). The van der Waals surface area contributed by atoms with Crippen LogP contribution in [0.5, 0.6) is 0 Å². The second-order valence-corrected chi connectivity index (χ2v) is 6.19. The molecule has 0 radical (unpaired) electrons. The normalized spacial score (nSPS) is 22.7. The van der Waals surface area contributed by atoms with E-state index < -0.39 is 12.8 Å². The number of piperidine rings is 1. The first-order valence-corrected chi connectivity index (χ1v) is 6.81. The van der Waals surface area contributed by atoms with Crippen molar-refractivity contribution in [3.05, 3.63) is 0 Å². The summed E-state index contributed by atoms with van der Waals surface area (Å²) in [4.78, 5) is 2.01. The van der Waals surface area contributed by atoms with Gasteiger partial charge >= 0.3 is 6.18 Å². The highest BCUT2D eigenvalue weighted by molar-refractivity contribution is 4.81. The molecule has 1 unspecified atom stereocenters. The monoisotopic (exact) mass is 282 g/mol. The minimum absolute atomic E-state index is 0.0238. The third-order valence-electron chi connectivity index (χ3n) is 3.14. The lowest BCUT2D eigenvalue weighted by Gasteiger charge is -2.37. The fraction of sp³-hybridized carbons (Fsp3) is 1.00. The minimum atomic E-state index is -4.24. The van der Waals surface area contributed by atoms with Gasteiger partial charge in [-0.05, 0) is 33.6 Å². The molecule has 1 atom stereocenters. The predicted octanol–water partition coefficient (Wildman–Crippen LogP) is 2.77. The summed E-state index contributed by atoms with van der Waals surface area (Å²) in [7, 11) is 0. The number of nitrogens with zero attached hydrogens (tertiary/aromatic N) is 1. The molecule has 0 spiro atoms. The van der Waals surface area contributed by atoms with E-state index in [2.05, 4.69) is 26.1 Å². The van der Waals surface area contributed by atoms with Crippen LogP contribution in [0.2, 0.25) is 0 Å². The van der Waals surface area contributed by atoms with E-state index in [1.807, 2.05) is 4.90 Å². The lowest BCUT2D eigenvalue weighted by molar-refractivity contribution is -0.186. The van der Waals surface area contributed by atoms with Crippen molar-refractivity contribution >= 4 is 0 Å². The van der Waals surface area contributed by atoms with Crippen LogP contribution in [0.1, 0.15) is 40.0 Å². The van der Waals surface area contributed by atoms with Crippen molar-refractivity contribution in [3.8, 4) is 0 Å². The van der Waals surface area contributed by atoms with E-state index in [1.54, 1.807) is 0 Å². The first-order valence-electron chi connectivity index (χ1n) is 6.81. The van der Waals surface area contributed by atoms with Crippen molar-refractivity contribution in [1.82, 2.24) is 10.2 Å². The number of hydrogen-bond donors (Lipinski definition) is 1. The smallest absolute Gasteiger partial charge is 0.357 e. The summed E-state index contributed by atoms with van der Waals surface area (Å²) in [6.07, 6.45) is -1.07. The molecule has 0 saturated carbocycles. The molecule has 6 heteroatoms. The van der Waals surface area contributed by atoms with Gasteiger partial charge in [0.2, 0.25) is 0 Å². The van der Waals surface area contributed by atoms with E-state index >= 15 is 0 Å². The highest BCUT2D eigenvalue weighted by Gasteiger charge is 2.29. The predicted molar refractivity (Wildman–Crippen MR) is 69.0 cm³/mol. The van der Waals surface area contributed by atoms with Crippen molar-refractivity contribution < 1.29 is 17.9 Å². The van der Waals surface area contributed by atoms with Gasteiger partial charge in [-0.25, -0.2) is 0 Å². The maximum Gasteiger partial charge on any atom is 0.411 e. The summed E-state index contributed by atoms with van der Waals surface area (Å²) in [5, 5.41) is 3.41. The Morgan fingerprint density at radius 2 is 1.89 bits per heavy atom. The van der Waals surface area contributed by atoms with Crippen LogP contribution in [0.15, 0.2) is 0 Å². The van der Waals surface area contributed by atoms with Crippen LogP contribution in [0, 0.1) is 0 Å². The van der Waals surface area contributed by atoms with Gasteiger partial charge in [0, 0.05) is 24.7 Å². The van der Waals surface area contributed by atoms with E-state index in [1.165, 1.54) is 0 Å². The van der Waals surface area contributed by atoms with E-state index in [0.717, 1.165) is 32.4 Å². The van der Waals surface area contributed by atoms with Crippen LogP contribution >= 0.6 is 0 Å². The van der Waals surface area contributed by atoms with E-state index in [-0.39, 0.29) is 18.3 Å². The maximum absolute atomic E-state index is 12.1. The molecule has 1 aliphatic rings. The number of rotatable bonds is 5. The average Bonchev–Trinajstić information content (AvgIpc) is 2.25. The molecule has 0 amide bonds. The van der Waals surface area contributed by atoms with Gasteiger partial charge in [-0.15, -0.1) is 0 Å². The second-order valence-electron chi connectivity index (χ2n) is 6.19. The third-order valence-corrected chi connectivity index (χ3v) is 3.14. The minimum Gasteiger partial charge on any atom is -0.357 e. The van der Waals surface area contributed by atoms with Crippen LogP contribution in [-0.4, -0.2) is 49.1 Å². The zero-order valence-electron chi connectivity index (χ0n) is 12.0. The quantitative estimate of drug-likeness (QED) is 0.839. The molecule has 0 aliphatic carbocycles. The molecule has 1 heterocycles. The van der Waals surface area contributed by atoms with Gasteiger partial charge in [-0.1, -0.05) is 6.42 Å². The van der Waals surface area contributed by atoms with Crippen molar-refractivity contribution in [2.75, 3.05) is 26.4 Å². The second kappa shape index (κ2) is 6.90. The molecule has 1 fully saturated rings. The SMILES string of the molecule is CC(C)(C)NCC1CCCCN1COCC(F)(F)F. The fourth-order valence-corrected chi connectivity index (χ4v) is 2.16. The third kappa shape index (κ3) is 7.74. The number of hydrogen-bond acceptors (Lipinski definition) is 3. The molecule has 0 aromatic rings. The molecule has 1 aliphatic heterocycles. The number of halogens is 3. The standard InChI is InChI=1S/C13H25F3N2O/c1-12(2,3)17-8-11-6-4-5-7-18(11)10-19-9-13(14,15)16/h11,17H,4-10H2,1-3H3. The Kier molecular flexibility index (Phi) is 6.08. The van der Waals surface area contributed by atoms with Gasteiger partial charge in [-0.3, -0.25) is 4.90 Å². The molecule has 1 saturated heterocycles. The molecule has 3 nitrogen and oxygen atoms in total. The Morgan fingerprint density at radius 1 is 1.21 bits per heavy atom. The summed E-state index contributed by atoms with van der Waals surface area (Å²) in [6, 6.07) is 0.265. The summed E-state index contributed by atoms with van der Waals surface area (Å²) in [5.41, 5.74) is 0.0238. The van der Waals surface area contributed by atoms with Crippen molar-refractivity contribution in [1.29, 1.82) is 0 Å². The van der Waals surface area contributed by atoms with Crippen LogP contribution in [-0.2, 0) is 4.74 Å². The molecule has 0 bridgehead atoms. The highest BCUT2D eigenvalue weighted by atomic mass is 19.4. The van der Waals surface area contributed by atoms with Crippen LogP contribution in [0.25, 0.3) is 0 Å². The lowest BCUT2D eigenvalue weighted by Crippen LogP contribution is -2.50. The molecular weight excluding hydrogens is 257 g/mol. The Bertz CT molecular complexity index is 264. The highest BCUT2D eigenvalue weighted by Crippen LogP contribution is 2.19. The van der Waals surface area contributed by atoms with E-state index in [4.69, 9.17) is 4.74 Å². The lowest BCUT2D eigenvalue weighted by atomic mass is 10.0. The summed E-state index contributed by atoms with van der Waals surface area (Å²) in [5.74, 6) is 0. The number of likely N-dealkylation sites (tertiary alicyclic amines) is 1. The van der Waals surface area contributed by atoms with E-state index in [9.17, 15) is 13.2 Å². The molecule has 0 aromatic carbocycles. The van der Waals surface area contributed by atoms with Gasteiger partial charge < -0.3 is 10.1 Å². The van der Waals surface area contributed by atoms with Gasteiger partial charge in [0.1, 0.15) is 6.61 Å². The van der Waals surface area contributed by atoms with Gasteiger partial charge in [0.15, 0.2) is 0 Å². The number of nitrogens with one attached hydrogen (secondary N) is 1. The van der Waals surface area contributed by atoms with Crippen LogP contribution < -0.4 is 5.32 Å². The van der Waals surface area contributed by atoms with Crippen molar-refractivity contribution in [2.24, 2.45) is 0 Å². The zero-order chi connectivity index (χ0) is 14.5. The molecular formula is C13H25F3N2O. The van der Waals surface area contributed by atoms with E-state index in [0.29, 0.717) is 0 Å². The van der Waals surface area contributed by atoms with Gasteiger partial charge in [0.05, 0.1) is 6.73 Å². The molecule has 1 N–H and O–H groups in total. The summed E-state index contributed by atoms with van der Waals surface area (Å²) >= 11 is 0. The molecule has 114 valence electrons. The number of alkyl halides is 3. The zero-order valence-corrected chi connectivity index (χ0v) is 12.0. The molecule has 0 aromatic heterocycles. The van der Waals surface area contributed by atoms with Gasteiger partial charge in [-0.2, -0.15) is 13.2 Å². The summed E-state index contributed by atoms with van der Waals surface area (Å²) in [6.45, 7) is 6.76. The van der Waals surface area contributed by atoms with Crippen LogP contribution in [0.4, 0.5) is 13.2 Å². The average molecular weight is 282 g/mol. The Labute approximate surface area is 113 Å². The largest absolute Gasteiger partial charge is 0.411 e. The molecule has 19 heavy (non-hydrogen) atoms. The Balaban J connectivity index is 2.35. The first-order chi connectivity index (χ1) is 8.67. The number of ether oxygens (including phenoxy) is 1. The van der Waals surface area contributed by atoms with Crippen molar-refractivity contribution in [3.63, 3.8) is 0 Å². The topological polar surface area (TPSA) is 24.5 Å². The summed E-state index contributed by atoms with van der Waals surface area (Å²) < 4.78 is 40.9. The van der Waals surface area contributed by atoms with Gasteiger partial charge in [0.25, 0.3) is 0 Å². The van der Waals surface area contributed by atoms with Crippen molar-refractivity contribution in [2.45, 2.75) is 57.8 Å². The maximum atomic E-state index is 12.1. The fourth-order valence-electron chi connectivity index (χ4n) is 2.16.